The number of nitrogens with one attached hydrogen (secondary N) is 3. The molecule has 0 bridgehead atoms. The Kier molecular flexibility index (Phi) is 4.71. The Labute approximate surface area is 181 Å². The molecule has 0 atom stereocenters. The average Bonchev–Trinajstić information content (AvgIpc) is 3.46. The molecule has 0 fully saturated rings. The van der Waals surface area contributed by atoms with Crippen LogP contribution in [0.4, 0.5) is 5.69 Å². The van der Waals surface area contributed by atoms with E-state index in [4.69, 9.17) is 9.73 Å². The minimum Gasteiger partial charge on any atom is -0.497 e. The van der Waals surface area contributed by atoms with Gasteiger partial charge in [-0.15, -0.1) is 0 Å². The number of aromatic nitrogens is 2. The summed E-state index contributed by atoms with van der Waals surface area (Å²) in [5.74, 6) is 0.828. The lowest BCUT2D eigenvalue weighted by Gasteiger charge is -2.09. The van der Waals surface area contributed by atoms with Crippen molar-refractivity contribution in [2.75, 3.05) is 12.4 Å². The number of H-pyrrole nitrogens is 2. The van der Waals surface area contributed by atoms with Gasteiger partial charge in [-0.1, -0.05) is 18.2 Å². The Morgan fingerprint density at radius 3 is 2.48 bits per heavy atom. The summed E-state index contributed by atoms with van der Waals surface area (Å²) in [5, 5.41) is 4.69. The van der Waals surface area contributed by atoms with Crippen LogP contribution in [0, 0.1) is 13.8 Å². The highest BCUT2D eigenvalue weighted by atomic mass is 16.5. The molecule has 2 aromatic carbocycles. The summed E-state index contributed by atoms with van der Waals surface area (Å²) < 4.78 is 5.27. The molecule has 0 saturated carbocycles. The second-order valence-corrected chi connectivity index (χ2v) is 7.76. The summed E-state index contributed by atoms with van der Waals surface area (Å²) in [5.41, 5.74) is 9.21. The van der Waals surface area contributed by atoms with Crippen molar-refractivity contribution in [2.45, 2.75) is 13.8 Å². The third-order valence-corrected chi connectivity index (χ3v) is 5.44. The standard InChI is InChI=1S/C26H24N4O/c1-16-12-17(2)27-22(16)14-25-24(28-19-8-10-20(31-3)11-9-19)15-26(30-25)23-13-18-6-4-5-7-21(18)29-23/h4-15,27-29H,1-3H3/b25-14+. The number of allylic oxidation sites excluding steroid dienone is 1. The van der Waals surface area contributed by atoms with Crippen molar-refractivity contribution in [2.24, 2.45) is 4.99 Å². The van der Waals surface area contributed by atoms with E-state index in [9.17, 15) is 0 Å². The lowest BCUT2D eigenvalue weighted by molar-refractivity contribution is 0.415. The second-order valence-electron chi connectivity index (χ2n) is 7.76. The molecule has 0 aliphatic carbocycles. The maximum absolute atomic E-state index is 5.27. The van der Waals surface area contributed by atoms with Crippen LogP contribution in [0.2, 0.25) is 0 Å². The number of para-hydroxylation sites is 1. The molecule has 1 aliphatic heterocycles. The molecule has 0 unspecified atom stereocenters. The van der Waals surface area contributed by atoms with Crippen LogP contribution >= 0.6 is 0 Å². The smallest absolute Gasteiger partial charge is 0.119 e. The van der Waals surface area contributed by atoms with Crippen molar-refractivity contribution in [1.29, 1.82) is 0 Å². The van der Waals surface area contributed by atoms with Crippen molar-refractivity contribution < 1.29 is 4.74 Å². The van der Waals surface area contributed by atoms with Crippen LogP contribution in [-0.2, 0) is 0 Å². The van der Waals surface area contributed by atoms with Crippen LogP contribution in [0.15, 0.2) is 83.1 Å². The summed E-state index contributed by atoms with van der Waals surface area (Å²) in [6.45, 7) is 4.17. The Morgan fingerprint density at radius 1 is 0.968 bits per heavy atom. The first-order valence-corrected chi connectivity index (χ1v) is 10.3. The first-order valence-electron chi connectivity index (χ1n) is 10.3. The molecular weight excluding hydrogens is 384 g/mol. The van der Waals surface area contributed by atoms with Crippen molar-refractivity contribution in [3.8, 4) is 5.75 Å². The Bertz CT molecular complexity index is 1320. The number of aryl methyl sites for hydroxylation is 2. The predicted octanol–water partition coefficient (Wildman–Crippen LogP) is 5.96. The summed E-state index contributed by atoms with van der Waals surface area (Å²) in [4.78, 5) is 11.9. The molecule has 4 aromatic rings. The van der Waals surface area contributed by atoms with Crippen LogP contribution < -0.4 is 10.1 Å². The van der Waals surface area contributed by atoms with Gasteiger partial charge in [-0.2, -0.15) is 0 Å². The third-order valence-electron chi connectivity index (χ3n) is 5.44. The van der Waals surface area contributed by atoms with E-state index in [0.29, 0.717) is 0 Å². The van der Waals surface area contributed by atoms with Gasteiger partial charge < -0.3 is 20.0 Å². The van der Waals surface area contributed by atoms with Crippen molar-refractivity contribution >= 4 is 28.4 Å². The van der Waals surface area contributed by atoms with Gasteiger partial charge in [-0.3, -0.25) is 0 Å². The van der Waals surface area contributed by atoms with E-state index in [0.717, 1.165) is 51.1 Å². The SMILES string of the molecule is COc1ccc(NC2=CC(c3cc4ccccc4[nH]3)=N/C2=C/c2[nH]c(C)cc2C)cc1. The highest BCUT2D eigenvalue weighted by molar-refractivity contribution is 6.13. The van der Waals surface area contributed by atoms with E-state index in [1.54, 1.807) is 7.11 Å². The predicted molar refractivity (Wildman–Crippen MR) is 128 cm³/mol. The van der Waals surface area contributed by atoms with Gasteiger partial charge in [0.1, 0.15) is 5.75 Å². The number of aliphatic imine (C=N–C) groups is 1. The number of ether oxygens (including phenoxy) is 1. The molecule has 5 nitrogen and oxygen atoms in total. The Balaban J connectivity index is 1.54. The number of rotatable bonds is 5. The van der Waals surface area contributed by atoms with Gasteiger partial charge in [0.15, 0.2) is 0 Å². The van der Waals surface area contributed by atoms with Crippen LogP contribution in [-0.4, -0.2) is 22.8 Å². The van der Waals surface area contributed by atoms with Crippen LogP contribution in [0.25, 0.3) is 17.0 Å². The molecule has 31 heavy (non-hydrogen) atoms. The largest absolute Gasteiger partial charge is 0.497 e. The van der Waals surface area contributed by atoms with E-state index in [2.05, 4.69) is 65.5 Å². The second kappa shape index (κ2) is 7.69. The molecule has 0 spiro atoms. The number of hydrogen-bond donors (Lipinski definition) is 3. The van der Waals surface area contributed by atoms with Gasteiger partial charge in [-0.05, 0) is 74.0 Å². The lowest BCUT2D eigenvalue weighted by atomic mass is 10.2. The van der Waals surface area contributed by atoms with E-state index in [-0.39, 0.29) is 0 Å². The molecule has 3 heterocycles. The molecule has 0 amide bonds. The van der Waals surface area contributed by atoms with Crippen LogP contribution in [0.1, 0.15) is 22.6 Å². The van der Waals surface area contributed by atoms with Gasteiger partial charge in [0.2, 0.25) is 0 Å². The monoisotopic (exact) mass is 408 g/mol. The summed E-state index contributed by atoms with van der Waals surface area (Å²) in [6, 6.07) is 20.4. The number of fused-ring (bicyclic) bond motifs is 1. The molecule has 1 aliphatic rings. The number of methoxy groups -OCH3 is 1. The molecule has 0 radical (unpaired) electrons. The zero-order chi connectivity index (χ0) is 21.4. The quantitative estimate of drug-likeness (QED) is 0.381. The molecule has 5 rings (SSSR count). The van der Waals surface area contributed by atoms with Crippen LogP contribution in [0.5, 0.6) is 5.75 Å². The number of benzene rings is 2. The number of aromatic amines is 2. The Hall–Kier alpha value is -3.99. The fourth-order valence-corrected chi connectivity index (χ4v) is 3.86. The van der Waals surface area contributed by atoms with E-state index in [1.807, 2.05) is 36.4 Å². The highest BCUT2D eigenvalue weighted by Crippen LogP contribution is 2.28. The molecule has 2 aromatic heterocycles. The number of anilines is 1. The minimum absolute atomic E-state index is 0.828. The van der Waals surface area contributed by atoms with E-state index < -0.39 is 0 Å². The summed E-state index contributed by atoms with van der Waals surface area (Å²) in [7, 11) is 1.67. The molecule has 3 N–H and O–H groups in total. The summed E-state index contributed by atoms with van der Waals surface area (Å²) >= 11 is 0. The van der Waals surface area contributed by atoms with Gasteiger partial charge in [0.25, 0.3) is 0 Å². The maximum Gasteiger partial charge on any atom is 0.119 e. The minimum atomic E-state index is 0.828. The normalized spacial score (nSPS) is 14.7. The van der Waals surface area contributed by atoms with Crippen LogP contribution in [0.3, 0.4) is 0 Å². The van der Waals surface area contributed by atoms with E-state index in [1.165, 1.54) is 10.9 Å². The molecule has 154 valence electrons. The molecule has 0 saturated heterocycles. The van der Waals surface area contributed by atoms with Gasteiger partial charge in [0, 0.05) is 28.0 Å². The van der Waals surface area contributed by atoms with Crippen molar-refractivity contribution in [3.05, 3.63) is 101 Å². The van der Waals surface area contributed by atoms with Gasteiger partial charge in [0.05, 0.1) is 29.9 Å². The van der Waals surface area contributed by atoms with Crippen molar-refractivity contribution in [3.63, 3.8) is 0 Å². The first-order chi connectivity index (χ1) is 15.1. The zero-order valence-corrected chi connectivity index (χ0v) is 17.8. The fourth-order valence-electron chi connectivity index (χ4n) is 3.86. The topological polar surface area (TPSA) is 65.2 Å². The molecule has 5 heteroatoms. The third kappa shape index (κ3) is 3.78. The Morgan fingerprint density at radius 2 is 1.77 bits per heavy atom. The zero-order valence-electron chi connectivity index (χ0n) is 17.8. The lowest BCUT2D eigenvalue weighted by Crippen LogP contribution is -2.00. The van der Waals surface area contributed by atoms with Gasteiger partial charge >= 0.3 is 0 Å². The summed E-state index contributed by atoms with van der Waals surface area (Å²) in [6.07, 6.45) is 4.19. The molecular formula is C26H24N4O. The maximum atomic E-state index is 5.27. The number of hydrogen-bond acceptors (Lipinski definition) is 3. The highest BCUT2D eigenvalue weighted by Gasteiger charge is 2.18. The van der Waals surface area contributed by atoms with E-state index >= 15 is 0 Å². The number of nitrogens with zero attached hydrogens (tertiary/aromatic N) is 1. The van der Waals surface area contributed by atoms with Crippen molar-refractivity contribution in [1.82, 2.24) is 9.97 Å². The first kappa shape index (κ1) is 19.0. The average molecular weight is 409 g/mol. The van der Waals surface area contributed by atoms with Gasteiger partial charge in [-0.25, -0.2) is 4.99 Å². The fraction of sp³-hybridized carbons (Fsp3) is 0.115.